The highest BCUT2D eigenvalue weighted by Gasteiger charge is 2.13. The van der Waals surface area contributed by atoms with E-state index in [1.807, 2.05) is 30.1 Å². The van der Waals surface area contributed by atoms with Gasteiger partial charge in [-0.1, -0.05) is 18.3 Å². The Morgan fingerprint density at radius 1 is 1.56 bits per heavy atom. The molecule has 0 saturated carbocycles. The van der Waals surface area contributed by atoms with Crippen LogP contribution in [0.15, 0.2) is 22.7 Å². The van der Waals surface area contributed by atoms with Crippen molar-refractivity contribution < 1.29 is 4.79 Å². The summed E-state index contributed by atoms with van der Waals surface area (Å²) in [4.78, 5) is 13.5. The van der Waals surface area contributed by atoms with Crippen LogP contribution in [0.25, 0.3) is 0 Å². The average molecular weight is 330 g/mol. The molecule has 0 aliphatic carbocycles. The molecule has 18 heavy (non-hydrogen) atoms. The number of amides is 1. The van der Waals surface area contributed by atoms with Crippen LogP contribution in [0.3, 0.4) is 0 Å². The SMILES string of the molecule is CNC(=O)CCN(C)c1cccc(Br)c1C(N)=S. The Hall–Kier alpha value is -1.14. The predicted octanol–water partition coefficient (Wildman–Crippen LogP) is 1.66. The summed E-state index contributed by atoms with van der Waals surface area (Å²) >= 11 is 8.49. The van der Waals surface area contributed by atoms with Crippen LogP contribution >= 0.6 is 28.1 Å². The highest BCUT2D eigenvalue weighted by Crippen LogP contribution is 2.27. The number of anilines is 1. The Morgan fingerprint density at radius 3 is 2.78 bits per heavy atom. The number of nitrogens with one attached hydrogen (secondary N) is 1. The van der Waals surface area contributed by atoms with Crippen LogP contribution in [-0.4, -0.2) is 31.5 Å². The topological polar surface area (TPSA) is 58.4 Å². The maximum atomic E-state index is 11.2. The third kappa shape index (κ3) is 3.68. The molecule has 0 aromatic heterocycles. The van der Waals surface area contributed by atoms with Crippen molar-refractivity contribution >= 4 is 44.7 Å². The fourth-order valence-electron chi connectivity index (χ4n) is 1.59. The molecule has 0 aliphatic heterocycles. The number of rotatable bonds is 5. The number of nitrogens with two attached hydrogens (primary N) is 1. The van der Waals surface area contributed by atoms with Gasteiger partial charge >= 0.3 is 0 Å². The summed E-state index contributed by atoms with van der Waals surface area (Å²) in [7, 11) is 3.54. The summed E-state index contributed by atoms with van der Waals surface area (Å²) in [6.07, 6.45) is 0.427. The van der Waals surface area contributed by atoms with E-state index in [0.717, 1.165) is 15.7 Å². The summed E-state index contributed by atoms with van der Waals surface area (Å²) < 4.78 is 0.860. The van der Waals surface area contributed by atoms with Gasteiger partial charge in [0.15, 0.2) is 0 Å². The fraction of sp³-hybridized carbons (Fsp3) is 0.333. The standard InChI is InChI=1S/C12H16BrN3OS/c1-15-10(17)6-7-16(2)9-5-3-4-8(13)11(9)12(14)18/h3-5H,6-7H2,1-2H3,(H2,14,18)(H,15,17). The largest absolute Gasteiger partial charge is 0.389 e. The predicted molar refractivity (Wildman–Crippen MR) is 82.0 cm³/mol. The van der Waals surface area contributed by atoms with E-state index in [-0.39, 0.29) is 5.91 Å². The van der Waals surface area contributed by atoms with E-state index in [0.29, 0.717) is 18.0 Å². The van der Waals surface area contributed by atoms with Gasteiger partial charge in [0, 0.05) is 42.8 Å². The maximum Gasteiger partial charge on any atom is 0.221 e. The van der Waals surface area contributed by atoms with E-state index >= 15 is 0 Å². The van der Waals surface area contributed by atoms with E-state index in [4.69, 9.17) is 18.0 Å². The first kappa shape index (κ1) is 14.9. The van der Waals surface area contributed by atoms with Crippen LogP contribution < -0.4 is 16.0 Å². The molecular weight excluding hydrogens is 314 g/mol. The Morgan fingerprint density at radius 2 is 2.22 bits per heavy atom. The number of carbonyl (C=O) groups excluding carboxylic acids is 1. The highest BCUT2D eigenvalue weighted by atomic mass is 79.9. The summed E-state index contributed by atoms with van der Waals surface area (Å²) in [6.45, 7) is 0.603. The van der Waals surface area contributed by atoms with Gasteiger partial charge in [0.25, 0.3) is 0 Å². The van der Waals surface area contributed by atoms with Crippen LogP contribution in [0.1, 0.15) is 12.0 Å². The van der Waals surface area contributed by atoms with Crippen molar-refractivity contribution in [2.24, 2.45) is 5.73 Å². The zero-order chi connectivity index (χ0) is 13.7. The van der Waals surface area contributed by atoms with Crippen LogP contribution in [-0.2, 0) is 4.79 Å². The molecule has 3 N–H and O–H groups in total. The average Bonchev–Trinajstić information content (AvgIpc) is 2.34. The molecule has 1 aromatic carbocycles. The first-order chi connectivity index (χ1) is 8.47. The molecule has 0 atom stereocenters. The molecule has 0 saturated heterocycles. The van der Waals surface area contributed by atoms with E-state index in [9.17, 15) is 4.79 Å². The van der Waals surface area contributed by atoms with Crippen LogP contribution in [0.2, 0.25) is 0 Å². The van der Waals surface area contributed by atoms with Gasteiger partial charge in [-0.15, -0.1) is 0 Å². The van der Waals surface area contributed by atoms with Gasteiger partial charge in [-0.2, -0.15) is 0 Å². The Labute approximate surface area is 121 Å². The lowest BCUT2D eigenvalue weighted by Crippen LogP contribution is -2.28. The van der Waals surface area contributed by atoms with Gasteiger partial charge < -0.3 is 16.0 Å². The zero-order valence-electron chi connectivity index (χ0n) is 10.4. The molecule has 0 heterocycles. The summed E-state index contributed by atoms with van der Waals surface area (Å²) in [6, 6.07) is 5.74. The number of nitrogens with zero attached hydrogens (tertiary/aromatic N) is 1. The number of carbonyl (C=O) groups is 1. The van der Waals surface area contributed by atoms with E-state index in [1.54, 1.807) is 7.05 Å². The van der Waals surface area contributed by atoms with Crippen molar-refractivity contribution in [3.05, 3.63) is 28.2 Å². The molecule has 6 heteroatoms. The van der Waals surface area contributed by atoms with E-state index in [1.165, 1.54) is 0 Å². The molecule has 0 bridgehead atoms. The normalized spacial score (nSPS) is 9.94. The Kier molecular flexibility index (Phi) is 5.55. The van der Waals surface area contributed by atoms with Crippen molar-refractivity contribution in [1.29, 1.82) is 0 Å². The number of benzene rings is 1. The fourth-order valence-corrected chi connectivity index (χ4v) is 2.50. The molecule has 0 unspecified atom stereocenters. The minimum absolute atomic E-state index is 0.00808. The van der Waals surface area contributed by atoms with Gasteiger partial charge in [-0.05, 0) is 28.1 Å². The molecule has 0 spiro atoms. The second-order valence-electron chi connectivity index (χ2n) is 3.84. The Balaban J connectivity index is 2.92. The summed E-state index contributed by atoms with van der Waals surface area (Å²) in [5.41, 5.74) is 7.45. The van der Waals surface area contributed by atoms with Gasteiger partial charge in [-0.3, -0.25) is 4.79 Å². The lowest BCUT2D eigenvalue weighted by molar-refractivity contribution is -0.120. The van der Waals surface area contributed by atoms with Gasteiger partial charge in [0.05, 0.1) is 0 Å². The zero-order valence-corrected chi connectivity index (χ0v) is 12.8. The number of halogens is 1. The van der Waals surface area contributed by atoms with Crippen LogP contribution in [0, 0.1) is 0 Å². The molecule has 98 valence electrons. The van der Waals surface area contributed by atoms with Gasteiger partial charge in [0.1, 0.15) is 4.99 Å². The summed E-state index contributed by atoms with van der Waals surface area (Å²) in [5.74, 6) is 0.00808. The second-order valence-corrected chi connectivity index (χ2v) is 5.14. The van der Waals surface area contributed by atoms with Crippen molar-refractivity contribution in [2.75, 3.05) is 25.5 Å². The molecule has 1 rings (SSSR count). The maximum absolute atomic E-state index is 11.2. The third-order valence-electron chi connectivity index (χ3n) is 2.60. The molecule has 1 amide bonds. The van der Waals surface area contributed by atoms with Gasteiger partial charge in [0.2, 0.25) is 5.91 Å². The smallest absolute Gasteiger partial charge is 0.221 e. The first-order valence-corrected chi connectivity index (χ1v) is 6.67. The quantitative estimate of drug-likeness (QED) is 0.806. The first-order valence-electron chi connectivity index (χ1n) is 5.47. The number of hydrogen-bond acceptors (Lipinski definition) is 3. The number of hydrogen-bond donors (Lipinski definition) is 2. The van der Waals surface area contributed by atoms with Crippen molar-refractivity contribution in [3.63, 3.8) is 0 Å². The van der Waals surface area contributed by atoms with Crippen molar-refractivity contribution in [2.45, 2.75) is 6.42 Å². The number of thiocarbonyl (C=S) groups is 1. The van der Waals surface area contributed by atoms with Crippen LogP contribution in [0.4, 0.5) is 5.69 Å². The molecule has 0 aliphatic rings. The molecule has 1 aromatic rings. The molecule has 0 fully saturated rings. The van der Waals surface area contributed by atoms with E-state index in [2.05, 4.69) is 21.2 Å². The third-order valence-corrected chi connectivity index (χ3v) is 3.47. The molecule has 4 nitrogen and oxygen atoms in total. The molecule has 0 radical (unpaired) electrons. The Bertz CT molecular complexity index is 465. The molecular formula is C12H16BrN3OS. The van der Waals surface area contributed by atoms with Crippen molar-refractivity contribution in [3.8, 4) is 0 Å². The lowest BCUT2D eigenvalue weighted by Gasteiger charge is -2.22. The monoisotopic (exact) mass is 329 g/mol. The minimum atomic E-state index is 0.00808. The van der Waals surface area contributed by atoms with E-state index < -0.39 is 0 Å². The van der Waals surface area contributed by atoms with Crippen LogP contribution in [0.5, 0.6) is 0 Å². The lowest BCUT2D eigenvalue weighted by atomic mass is 10.1. The van der Waals surface area contributed by atoms with Gasteiger partial charge in [-0.25, -0.2) is 0 Å². The minimum Gasteiger partial charge on any atom is -0.389 e. The highest BCUT2D eigenvalue weighted by molar-refractivity contribution is 9.10. The second kappa shape index (κ2) is 6.70. The van der Waals surface area contributed by atoms with Crippen molar-refractivity contribution in [1.82, 2.24) is 5.32 Å². The summed E-state index contributed by atoms with van der Waals surface area (Å²) in [5, 5.41) is 2.60.